The molecular weight excluding hydrogens is 255 g/mol. The molecule has 0 radical (unpaired) electrons. The number of halogens is 1. The van der Waals surface area contributed by atoms with E-state index in [-0.39, 0.29) is 17.7 Å². The van der Waals surface area contributed by atoms with Crippen LogP contribution in [0.4, 0.5) is 10.2 Å². The van der Waals surface area contributed by atoms with Crippen molar-refractivity contribution in [3.8, 4) is 0 Å². The molecule has 0 aliphatic heterocycles. The van der Waals surface area contributed by atoms with E-state index in [0.29, 0.717) is 18.7 Å². The Morgan fingerprint density at radius 1 is 1.25 bits per heavy atom. The number of anilines is 1. The number of nitrogens with two attached hydrogens (primary N) is 1. The van der Waals surface area contributed by atoms with Gasteiger partial charge in [0.25, 0.3) is 0 Å². The molecule has 5 heteroatoms. The van der Waals surface area contributed by atoms with Gasteiger partial charge in [0, 0.05) is 6.54 Å². The molecule has 4 nitrogen and oxygen atoms in total. The van der Waals surface area contributed by atoms with Crippen molar-refractivity contribution in [1.29, 1.82) is 0 Å². The number of rotatable bonds is 5. The van der Waals surface area contributed by atoms with Gasteiger partial charge in [0.05, 0.1) is 11.7 Å². The highest BCUT2D eigenvalue weighted by molar-refractivity contribution is 5.40. The van der Waals surface area contributed by atoms with Crippen molar-refractivity contribution in [3.05, 3.63) is 53.2 Å². The molecular formula is C15H19FN4. The van der Waals surface area contributed by atoms with E-state index in [1.54, 1.807) is 0 Å². The molecule has 3 N–H and O–H groups in total. The van der Waals surface area contributed by atoms with Gasteiger partial charge in [0.2, 0.25) is 0 Å². The molecule has 0 amide bonds. The number of hydrogen-bond donors (Lipinski definition) is 2. The first kappa shape index (κ1) is 14.4. The van der Waals surface area contributed by atoms with E-state index >= 15 is 0 Å². The molecule has 0 saturated heterocycles. The first-order valence-electron chi connectivity index (χ1n) is 6.70. The van der Waals surface area contributed by atoms with Crippen molar-refractivity contribution in [2.75, 3.05) is 5.32 Å². The zero-order valence-corrected chi connectivity index (χ0v) is 11.7. The molecule has 0 aliphatic rings. The van der Waals surface area contributed by atoms with E-state index in [1.165, 1.54) is 6.33 Å². The fourth-order valence-corrected chi connectivity index (χ4v) is 1.98. The largest absolute Gasteiger partial charge is 0.361 e. The van der Waals surface area contributed by atoms with Crippen LogP contribution in [-0.2, 0) is 13.0 Å². The summed E-state index contributed by atoms with van der Waals surface area (Å²) in [5.74, 6) is -0.132. The third-order valence-corrected chi connectivity index (χ3v) is 3.27. The normalized spacial score (nSPS) is 12.2. The van der Waals surface area contributed by atoms with Gasteiger partial charge in [-0.2, -0.15) is 0 Å². The number of aromatic nitrogens is 2. The summed E-state index contributed by atoms with van der Waals surface area (Å²) < 4.78 is 14.1. The average Bonchev–Trinajstić information content (AvgIpc) is 2.49. The van der Waals surface area contributed by atoms with Gasteiger partial charge in [-0.25, -0.2) is 14.4 Å². The second-order valence-corrected chi connectivity index (χ2v) is 4.65. The molecule has 20 heavy (non-hydrogen) atoms. The maximum atomic E-state index is 14.1. The van der Waals surface area contributed by atoms with Crippen molar-refractivity contribution in [2.45, 2.75) is 32.9 Å². The molecule has 0 fully saturated rings. The van der Waals surface area contributed by atoms with Crippen molar-refractivity contribution >= 4 is 5.82 Å². The summed E-state index contributed by atoms with van der Waals surface area (Å²) >= 11 is 0. The lowest BCUT2D eigenvalue weighted by Gasteiger charge is -2.16. The SMILES string of the molecule is CCc1ncnc(NC(C)c2ccc(CN)cc2)c1F. The van der Waals surface area contributed by atoms with Gasteiger partial charge in [0.1, 0.15) is 6.33 Å². The molecule has 0 spiro atoms. The predicted octanol–water partition coefficient (Wildman–Crippen LogP) is 2.81. The topological polar surface area (TPSA) is 63.8 Å². The highest BCUT2D eigenvalue weighted by atomic mass is 19.1. The number of nitrogens with zero attached hydrogens (tertiary/aromatic N) is 2. The fraction of sp³-hybridized carbons (Fsp3) is 0.333. The average molecular weight is 274 g/mol. The number of aryl methyl sites for hydroxylation is 1. The van der Waals surface area contributed by atoms with Crippen LogP contribution in [0.15, 0.2) is 30.6 Å². The van der Waals surface area contributed by atoms with E-state index < -0.39 is 0 Å². The third kappa shape index (κ3) is 3.11. The van der Waals surface area contributed by atoms with Crippen LogP contribution in [-0.4, -0.2) is 9.97 Å². The molecule has 1 heterocycles. The van der Waals surface area contributed by atoms with E-state index in [0.717, 1.165) is 11.1 Å². The highest BCUT2D eigenvalue weighted by Gasteiger charge is 2.13. The summed E-state index contributed by atoms with van der Waals surface area (Å²) in [5.41, 5.74) is 8.12. The molecule has 106 valence electrons. The minimum atomic E-state index is -0.375. The Balaban J connectivity index is 2.16. The first-order valence-corrected chi connectivity index (χ1v) is 6.70. The number of benzene rings is 1. The van der Waals surface area contributed by atoms with Crippen molar-refractivity contribution < 1.29 is 4.39 Å². The van der Waals surface area contributed by atoms with Crippen LogP contribution in [0.25, 0.3) is 0 Å². The van der Waals surface area contributed by atoms with E-state index in [2.05, 4.69) is 15.3 Å². The van der Waals surface area contributed by atoms with E-state index in [1.807, 2.05) is 38.1 Å². The van der Waals surface area contributed by atoms with Gasteiger partial charge in [-0.15, -0.1) is 0 Å². The van der Waals surface area contributed by atoms with Crippen molar-refractivity contribution in [1.82, 2.24) is 9.97 Å². The number of nitrogens with one attached hydrogen (secondary N) is 1. The monoisotopic (exact) mass is 274 g/mol. The van der Waals surface area contributed by atoms with Gasteiger partial charge in [0.15, 0.2) is 11.6 Å². The van der Waals surface area contributed by atoms with Crippen LogP contribution in [0.5, 0.6) is 0 Å². The Bertz CT molecular complexity index is 569. The molecule has 0 saturated carbocycles. The molecule has 1 atom stereocenters. The fourth-order valence-electron chi connectivity index (χ4n) is 1.98. The zero-order valence-electron chi connectivity index (χ0n) is 11.7. The predicted molar refractivity (Wildman–Crippen MR) is 77.7 cm³/mol. The highest BCUT2D eigenvalue weighted by Crippen LogP contribution is 2.21. The van der Waals surface area contributed by atoms with Gasteiger partial charge < -0.3 is 11.1 Å². The van der Waals surface area contributed by atoms with Crippen LogP contribution in [0, 0.1) is 5.82 Å². The summed E-state index contributed by atoms with van der Waals surface area (Å²) in [4.78, 5) is 7.89. The molecule has 0 aliphatic carbocycles. The molecule has 1 aromatic heterocycles. The standard InChI is InChI=1S/C15H19FN4/c1-3-13-14(16)15(19-9-18-13)20-10(2)12-6-4-11(8-17)5-7-12/h4-7,9-10H,3,8,17H2,1-2H3,(H,18,19,20). The summed E-state index contributed by atoms with van der Waals surface area (Å²) in [5, 5.41) is 3.08. The Kier molecular flexibility index (Phi) is 4.63. The van der Waals surface area contributed by atoms with E-state index in [9.17, 15) is 4.39 Å². The van der Waals surface area contributed by atoms with Crippen LogP contribution < -0.4 is 11.1 Å². The van der Waals surface area contributed by atoms with Crippen molar-refractivity contribution in [2.24, 2.45) is 5.73 Å². The molecule has 0 bridgehead atoms. The molecule has 1 unspecified atom stereocenters. The summed E-state index contributed by atoms with van der Waals surface area (Å²) in [7, 11) is 0. The Labute approximate surface area is 118 Å². The van der Waals surface area contributed by atoms with Crippen LogP contribution in [0.3, 0.4) is 0 Å². The minimum absolute atomic E-state index is 0.0454. The van der Waals surface area contributed by atoms with Gasteiger partial charge in [-0.3, -0.25) is 0 Å². The van der Waals surface area contributed by atoms with Crippen LogP contribution in [0.1, 0.15) is 36.7 Å². The third-order valence-electron chi connectivity index (χ3n) is 3.27. The summed E-state index contributed by atoms with van der Waals surface area (Å²) in [6.07, 6.45) is 1.93. The van der Waals surface area contributed by atoms with Gasteiger partial charge in [-0.05, 0) is 24.5 Å². The molecule has 2 rings (SSSR count). The number of hydrogen-bond acceptors (Lipinski definition) is 4. The Morgan fingerprint density at radius 2 is 1.95 bits per heavy atom. The van der Waals surface area contributed by atoms with Crippen LogP contribution >= 0.6 is 0 Å². The van der Waals surface area contributed by atoms with Crippen molar-refractivity contribution in [3.63, 3.8) is 0 Å². The van der Waals surface area contributed by atoms with Gasteiger partial charge in [-0.1, -0.05) is 31.2 Å². The summed E-state index contributed by atoms with van der Waals surface area (Å²) in [6.45, 7) is 4.34. The molecule has 2 aromatic rings. The van der Waals surface area contributed by atoms with Crippen LogP contribution in [0.2, 0.25) is 0 Å². The maximum absolute atomic E-state index is 14.1. The Morgan fingerprint density at radius 3 is 2.55 bits per heavy atom. The zero-order chi connectivity index (χ0) is 14.5. The lowest BCUT2D eigenvalue weighted by atomic mass is 10.1. The Hall–Kier alpha value is -2.01. The quantitative estimate of drug-likeness (QED) is 0.880. The van der Waals surface area contributed by atoms with E-state index in [4.69, 9.17) is 5.73 Å². The maximum Gasteiger partial charge on any atom is 0.186 e. The van der Waals surface area contributed by atoms with Gasteiger partial charge >= 0.3 is 0 Å². The smallest absolute Gasteiger partial charge is 0.186 e. The lowest BCUT2D eigenvalue weighted by Crippen LogP contribution is -2.11. The second-order valence-electron chi connectivity index (χ2n) is 4.65. The summed E-state index contributed by atoms with van der Waals surface area (Å²) in [6, 6.07) is 7.87. The minimum Gasteiger partial charge on any atom is -0.361 e. The first-order chi connectivity index (χ1) is 9.65. The molecule has 1 aromatic carbocycles. The lowest BCUT2D eigenvalue weighted by molar-refractivity contribution is 0.594. The second kappa shape index (κ2) is 6.43.